The third kappa shape index (κ3) is 4.19. The average molecular weight is 386 g/mol. The number of halogens is 2. The molecular weight excluding hydrogens is 369 g/mol. The predicted molar refractivity (Wildman–Crippen MR) is 97.1 cm³/mol. The number of benzene rings is 1. The monoisotopic (exact) mass is 385 g/mol. The van der Waals surface area contributed by atoms with Gasteiger partial charge < -0.3 is 14.5 Å². The normalized spacial score (nSPS) is 15.5. The number of hydrogen-bond donors (Lipinski definition) is 0. The van der Waals surface area contributed by atoms with E-state index in [0.29, 0.717) is 20.9 Å². The molecule has 1 aliphatic heterocycles. The van der Waals surface area contributed by atoms with E-state index in [-0.39, 0.29) is 12.5 Å². The van der Waals surface area contributed by atoms with E-state index in [4.69, 9.17) is 27.9 Å². The Bertz CT molecular complexity index is 730. The Morgan fingerprint density at radius 1 is 1.29 bits per heavy atom. The zero-order valence-corrected chi connectivity index (χ0v) is 15.5. The topological polar surface area (TPSA) is 45.7 Å². The van der Waals surface area contributed by atoms with Gasteiger partial charge in [-0.15, -0.1) is 0 Å². The van der Waals surface area contributed by atoms with Gasteiger partial charge in [-0.25, -0.2) is 4.98 Å². The van der Waals surface area contributed by atoms with Gasteiger partial charge in [0.2, 0.25) is 0 Å². The van der Waals surface area contributed by atoms with E-state index in [0.717, 1.165) is 31.7 Å². The minimum absolute atomic E-state index is 0.00498. The first-order chi connectivity index (χ1) is 11.5. The van der Waals surface area contributed by atoms with Crippen molar-refractivity contribution >= 4 is 40.4 Å². The molecule has 128 valence electrons. The first-order valence-electron chi connectivity index (χ1n) is 7.53. The molecule has 0 bridgehead atoms. The van der Waals surface area contributed by atoms with Crippen molar-refractivity contribution in [1.29, 1.82) is 0 Å². The lowest BCUT2D eigenvalue weighted by Gasteiger charge is -2.32. The highest BCUT2D eigenvalue weighted by Gasteiger charge is 2.20. The van der Waals surface area contributed by atoms with Crippen LogP contribution in [0.5, 0.6) is 5.19 Å². The molecule has 2 aromatic rings. The molecule has 0 spiro atoms. The smallest absolute Gasteiger partial charge is 0.274 e. The van der Waals surface area contributed by atoms with Crippen molar-refractivity contribution in [3.8, 4) is 16.5 Å². The second kappa shape index (κ2) is 7.70. The van der Waals surface area contributed by atoms with Crippen LogP contribution < -0.4 is 4.74 Å². The second-order valence-electron chi connectivity index (χ2n) is 5.60. The van der Waals surface area contributed by atoms with Gasteiger partial charge in [0, 0.05) is 42.1 Å². The molecule has 0 atom stereocenters. The third-order valence-corrected chi connectivity index (χ3v) is 5.16. The molecule has 0 unspecified atom stereocenters. The van der Waals surface area contributed by atoms with Crippen molar-refractivity contribution in [2.75, 3.05) is 39.8 Å². The lowest BCUT2D eigenvalue weighted by atomic mass is 10.2. The molecule has 1 aromatic heterocycles. The number of carbonyl (C=O) groups is 1. The summed E-state index contributed by atoms with van der Waals surface area (Å²) in [6, 6.07) is 5.26. The first-order valence-corrected chi connectivity index (χ1v) is 9.16. The quantitative estimate of drug-likeness (QED) is 0.809. The van der Waals surface area contributed by atoms with Crippen LogP contribution in [0.2, 0.25) is 10.0 Å². The molecule has 0 saturated carbocycles. The summed E-state index contributed by atoms with van der Waals surface area (Å²) in [5.41, 5.74) is 1.50. The van der Waals surface area contributed by atoms with E-state index in [1.165, 1.54) is 11.3 Å². The Labute approximate surface area is 154 Å². The molecule has 0 aliphatic carbocycles. The maximum absolute atomic E-state index is 12.2. The summed E-state index contributed by atoms with van der Waals surface area (Å²) in [4.78, 5) is 20.6. The Kier molecular flexibility index (Phi) is 5.61. The number of piperazine rings is 1. The summed E-state index contributed by atoms with van der Waals surface area (Å²) < 4.78 is 5.55. The van der Waals surface area contributed by atoms with Crippen LogP contribution in [0.3, 0.4) is 0 Å². The highest BCUT2D eigenvalue weighted by molar-refractivity contribution is 7.11. The van der Waals surface area contributed by atoms with Crippen LogP contribution in [0.4, 0.5) is 0 Å². The van der Waals surface area contributed by atoms with Gasteiger partial charge in [-0.1, -0.05) is 34.5 Å². The number of carbonyl (C=O) groups excluding carboxylic acids is 1. The minimum atomic E-state index is -0.00984. The van der Waals surface area contributed by atoms with Crippen LogP contribution in [0, 0.1) is 0 Å². The average Bonchev–Trinajstić information content (AvgIpc) is 3.02. The summed E-state index contributed by atoms with van der Waals surface area (Å²) in [7, 11) is 2.05. The predicted octanol–water partition coefficient (Wildman–Crippen LogP) is 3.27. The number of hydrogen-bond acceptors (Lipinski definition) is 5. The van der Waals surface area contributed by atoms with Crippen molar-refractivity contribution in [2.45, 2.75) is 0 Å². The summed E-state index contributed by atoms with van der Waals surface area (Å²) >= 11 is 13.4. The van der Waals surface area contributed by atoms with Gasteiger partial charge in [0.25, 0.3) is 11.1 Å². The van der Waals surface area contributed by atoms with Gasteiger partial charge in [0.15, 0.2) is 6.61 Å². The zero-order chi connectivity index (χ0) is 17.1. The molecule has 1 amide bonds. The molecule has 1 saturated heterocycles. The Morgan fingerprint density at radius 2 is 2.04 bits per heavy atom. The van der Waals surface area contributed by atoms with Crippen molar-refractivity contribution in [1.82, 2.24) is 14.8 Å². The van der Waals surface area contributed by atoms with E-state index < -0.39 is 0 Å². The first kappa shape index (κ1) is 17.5. The van der Waals surface area contributed by atoms with Crippen LogP contribution in [0.1, 0.15) is 0 Å². The summed E-state index contributed by atoms with van der Waals surface area (Å²) in [6.45, 7) is 3.26. The van der Waals surface area contributed by atoms with Crippen molar-refractivity contribution in [2.24, 2.45) is 0 Å². The molecule has 3 rings (SSSR count). The summed E-state index contributed by atoms with van der Waals surface area (Å²) in [5.74, 6) is -0.00984. The lowest BCUT2D eigenvalue weighted by molar-refractivity contribution is -0.134. The van der Waals surface area contributed by atoms with E-state index in [2.05, 4.69) is 16.9 Å². The van der Waals surface area contributed by atoms with Crippen LogP contribution in [0.15, 0.2) is 23.6 Å². The Morgan fingerprint density at radius 3 is 2.75 bits per heavy atom. The number of likely N-dealkylation sites (N-methyl/N-ethyl adjacent to an activating group) is 1. The fourth-order valence-corrected chi connectivity index (χ4v) is 3.59. The molecule has 2 heterocycles. The second-order valence-corrected chi connectivity index (χ2v) is 7.26. The van der Waals surface area contributed by atoms with Gasteiger partial charge in [-0.05, 0) is 25.2 Å². The standard InChI is InChI=1S/C16H17Cl2N3O2S/c1-20-4-6-21(7-5-20)15(22)9-23-16-19-14(10-24-16)12-3-2-11(17)8-13(12)18/h2-3,8,10H,4-7,9H2,1H3. The van der Waals surface area contributed by atoms with E-state index >= 15 is 0 Å². The number of amides is 1. The number of rotatable bonds is 4. The molecule has 5 nitrogen and oxygen atoms in total. The van der Waals surface area contributed by atoms with E-state index in [1.807, 2.05) is 16.3 Å². The Hall–Kier alpha value is -1.34. The zero-order valence-electron chi connectivity index (χ0n) is 13.2. The number of aromatic nitrogens is 1. The maximum Gasteiger partial charge on any atom is 0.274 e. The maximum atomic E-state index is 12.2. The van der Waals surface area contributed by atoms with Gasteiger partial charge in [0.1, 0.15) is 0 Å². The highest BCUT2D eigenvalue weighted by Crippen LogP contribution is 2.33. The number of nitrogens with zero attached hydrogens (tertiary/aromatic N) is 3. The third-order valence-electron chi connectivity index (χ3n) is 3.87. The van der Waals surface area contributed by atoms with Crippen molar-refractivity contribution < 1.29 is 9.53 Å². The van der Waals surface area contributed by atoms with Crippen LogP contribution in [-0.2, 0) is 4.79 Å². The van der Waals surface area contributed by atoms with Crippen LogP contribution in [0.25, 0.3) is 11.3 Å². The highest BCUT2D eigenvalue weighted by atomic mass is 35.5. The summed E-state index contributed by atoms with van der Waals surface area (Å²) in [5, 5.41) is 3.42. The van der Waals surface area contributed by atoms with Gasteiger partial charge >= 0.3 is 0 Å². The van der Waals surface area contributed by atoms with Gasteiger partial charge in [-0.3, -0.25) is 4.79 Å². The van der Waals surface area contributed by atoms with E-state index in [9.17, 15) is 4.79 Å². The molecule has 24 heavy (non-hydrogen) atoms. The number of thiazole rings is 1. The van der Waals surface area contributed by atoms with E-state index in [1.54, 1.807) is 12.1 Å². The van der Waals surface area contributed by atoms with Gasteiger partial charge in [-0.2, -0.15) is 0 Å². The fraction of sp³-hybridized carbons (Fsp3) is 0.375. The molecule has 8 heteroatoms. The number of ether oxygens (including phenoxy) is 1. The molecule has 0 N–H and O–H groups in total. The molecule has 0 radical (unpaired) electrons. The van der Waals surface area contributed by atoms with Crippen molar-refractivity contribution in [3.05, 3.63) is 33.6 Å². The Balaban J connectivity index is 1.59. The van der Waals surface area contributed by atoms with Crippen LogP contribution in [-0.4, -0.2) is 60.5 Å². The largest absolute Gasteiger partial charge is 0.460 e. The van der Waals surface area contributed by atoms with Gasteiger partial charge in [0.05, 0.1) is 10.7 Å². The SMILES string of the molecule is CN1CCN(C(=O)COc2nc(-c3ccc(Cl)cc3Cl)cs2)CC1. The molecular formula is C16H17Cl2N3O2S. The molecule has 1 aromatic carbocycles. The summed E-state index contributed by atoms with van der Waals surface area (Å²) in [6.07, 6.45) is 0. The van der Waals surface area contributed by atoms with Crippen molar-refractivity contribution in [3.63, 3.8) is 0 Å². The fourth-order valence-electron chi connectivity index (χ4n) is 2.42. The molecule has 1 aliphatic rings. The molecule has 1 fully saturated rings. The minimum Gasteiger partial charge on any atom is -0.460 e. The van der Waals surface area contributed by atoms with Crippen LogP contribution >= 0.6 is 34.5 Å². The lowest BCUT2D eigenvalue weighted by Crippen LogP contribution is -2.48.